The maximum atomic E-state index is 10.7. The summed E-state index contributed by atoms with van der Waals surface area (Å²) in [7, 11) is 0. The Morgan fingerprint density at radius 2 is 2.04 bits per heavy atom. The third kappa shape index (κ3) is 3.49. The molecule has 0 unspecified atom stereocenters. The third-order valence-electron chi connectivity index (χ3n) is 3.46. The molecule has 1 aliphatic heterocycles. The van der Waals surface area contributed by atoms with Crippen molar-refractivity contribution in [2.75, 3.05) is 0 Å². The number of phenols is 1. The van der Waals surface area contributed by atoms with Gasteiger partial charge in [0.25, 0.3) is 5.69 Å². The molecule has 0 radical (unpaired) electrons. The molecule has 3 rings (SSSR count). The number of hydrogen-bond donors (Lipinski definition) is 1. The quantitative estimate of drug-likeness (QED) is 0.526. The standard InChI is InChI=1S/C16H13N5O3/c22-15-7-6-13(21(23)24)8-12(15)10-17-19-16-9-14(18-20-16)11-4-2-1-3-5-11/h1-8,10,14,22H,9H2/b17-10+,19-16-/t14-/m1/s1. The van der Waals surface area contributed by atoms with Crippen LogP contribution in [-0.2, 0) is 0 Å². The van der Waals surface area contributed by atoms with E-state index < -0.39 is 4.92 Å². The Balaban J connectivity index is 1.71. The third-order valence-corrected chi connectivity index (χ3v) is 3.46. The van der Waals surface area contributed by atoms with Gasteiger partial charge in [-0.25, -0.2) is 0 Å². The number of azo groups is 1. The summed E-state index contributed by atoms with van der Waals surface area (Å²) >= 11 is 0. The van der Waals surface area contributed by atoms with Crippen molar-refractivity contribution in [2.45, 2.75) is 12.5 Å². The van der Waals surface area contributed by atoms with Crippen molar-refractivity contribution >= 4 is 17.7 Å². The molecule has 0 fully saturated rings. The van der Waals surface area contributed by atoms with E-state index in [-0.39, 0.29) is 23.0 Å². The second-order valence-corrected chi connectivity index (χ2v) is 5.11. The number of nitro groups is 1. The normalized spacial score (nSPS) is 18.5. The first kappa shape index (κ1) is 15.5. The Labute approximate surface area is 137 Å². The minimum absolute atomic E-state index is 0.0774. The first-order valence-corrected chi connectivity index (χ1v) is 7.16. The van der Waals surface area contributed by atoms with Crippen molar-refractivity contribution in [3.05, 3.63) is 69.8 Å². The lowest BCUT2D eigenvalue weighted by atomic mass is 10.1. The number of non-ortho nitro benzene ring substituents is 1. The van der Waals surface area contributed by atoms with Crippen molar-refractivity contribution in [3.8, 4) is 5.75 Å². The molecule has 0 saturated carbocycles. The molecule has 0 aromatic heterocycles. The highest BCUT2D eigenvalue weighted by Gasteiger charge is 2.19. The van der Waals surface area contributed by atoms with Crippen LogP contribution in [0, 0.1) is 10.1 Å². The van der Waals surface area contributed by atoms with E-state index in [0.29, 0.717) is 12.3 Å². The van der Waals surface area contributed by atoms with Crippen LogP contribution >= 0.6 is 0 Å². The lowest BCUT2D eigenvalue weighted by molar-refractivity contribution is -0.384. The molecule has 24 heavy (non-hydrogen) atoms. The van der Waals surface area contributed by atoms with Gasteiger partial charge >= 0.3 is 0 Å². The van der Waals surface area contributed by atoms with Gasteiger partial charge < -0.3 is 5.11 Å². The van der Waals surface area contributed by atoms with Gasteiger partial charge in [-0.2, -0.15) is 10.2 Å². The molecule has 1 N–H and O–H groups in total. The molecular formula is C16H13N5O3. The zero-order valence-corrected chi connectivity index (χ0v) is 12.5. The maximum Gasteiger partial charge on any atom is 0.270 e. The van der Waals surface area contributed by atoms with Crippen LogP contribution < -0.4 is 0 Å². The van der Waals surface area contributed by atoms with Crippen molar-refractivity contribution in [3.63, 3.8) is 0 Å². The van der Waals surface area contributed by atoms with E-state index in [4.69, 9.17) is 0 Å². The molecule has 1 aliphatic rings. The van der Waals surface area contributed by atoms with E-state index in [1.54, 1.807) is 0 Å². The molecule has 0 bridgehead atoms. The molecule has 0 saturated heterocycles. The number of nitrogens with zero attached hydrogens (tertiary/aromatic N) is 5. The molecule has 120 valence electrons. The fourth-order valence-electron chi connectivity index (χ4n) is 2.23. The summed E-state index contributed by atoms with van der Waals surface area (Å²) in [6, 6.07) is 13.3. The summed E-state index contributed by atoms with van der Waals surface area (Å²) in [5.41, 5.74) is 1.13. The second kappa shape index (κ2) is 6.78. The first-order chi connectivity index (χ1) is 11.6. The van der Waals surface area contributed by atoms with Crippen LogP contribution in [-0.4, -0.2) is 22.1 Å². The fourth-order valence-corrected chi connectivity index (χ4v) is 2.23. The number of rotatable bonds is 4. The number of benzene rings is 2. The van der Waals surface area contributed by atoms with Gasteiger partial charge in [-0.3, -0.25) is 10.1 Å². The molecule has 8 nitrogen and oxygen atoms in total. The van der Waals surface area contributed by atoms with Gasteiger partial charge in [0, 0.05) is 24.1 Å². The van der Waals surface area contributed by atoms with Gasteiger partial charge in [0.2, 0.25) is 0 Å². The number of nitro benzene ring substituents is 1. The van der Waals surface area contributed by atoms with E-state index in [1.807, 2.05) is 30.3 Å². The topological polar surface area (TPSA) is 113 Å². The molecule has 1 heterocycles. The molecule has 0 aliphatic carbocycles. The monoisotopic (exact) mass is 323 g/mol. The molecule has 8 heteroatoms. The first-order valence-electron chi connectivity index (χ1n) is 7.16. The number of aromatic hydroxyl groups is 1. The van der Waals surface area contributed by atoms with E-state index in [2.05, 4.69) is 20.4 Å². The highest BCUT2D eigenvalue weighted by Crippen LogP contribution is 2.27. The largest absolute Gasteiger partial charge is 0.507 e. The van der Waals surface area contributed by atoms with Crippen LogP contribution in [0.5, 0.6) is 5.75 Å². The van der Waals surface area contributed by atoms with Crippen molar-refractivity contribution in [2.24, 2.45) is 20.4 Å². The molecule has 0 amide bonds. The molecule has 2 aromatic carbocycles. The second-order valence-electron chi connectivity index (χ2n) is 5.11. The fraction of sp³-hybridized carbons (Fsp3) is 0.125. The zero-order chi connectivity index (χ0) is 16.9. The minimum Gasteiger partial charge on any atom is -0.507 e. The van der Waals surface area contributed by atoms with Gasteiger partial charge in [0.1, 0.15) is 11.8 Å². The predicted octanol–water partition coefficient (Wildman–Crippen LogP) is 3.63. The van der Waals surface area contributed by atoms with Crippen LogP contribution in [0.2, 0.25) is 0 Å². The zero-order valence-electron chi connectivity index (χ0n) is 12.5. The highest BCUT2D eigenvalue weighted by molar-refractivity contribution is 5.87. The Bertz CT molecular complexity index is 846. The van der Waals surface area contributed by atoms with Crippen molar-refractivity contribution in [1.29, 1.82) is 0 Å². The summed E-state index contributed by atoms with van der Waals surface area (Å²) in [6.07, 6.45) is 1.78. The minimum atomic E-state index is -0.543. The average Bonchev–Trinajstić information content (AvgIpc) is 3.06. The summed E-state index contributed by atoms with van der Waals surface area (Å²) < 4.78 is 0. The Hall–Kier alpha value is -3.42. The number of hydrogen-bond acceptors (Lipinski definition) is 6. The van der Waals surface area contributed by atoms with Crippen LogP contribution in [0.1, 0.15) is 23.6 Å². The van der Waals surface area contributed by atoms with Gasteiger partial charge in [0.15, 0.2) is 5.84 Å². The lowest BCUT2D eigenvalue weighted by Gasteiger charge is -2.02. The molecule has 0 spiro atoms. The van der Waals surface area contributed by atoms with Crippen molar-refractivity contribution in [1.82, 2.24) is 0 Å². The predicted molar refractivity (Wildman–Crippen MR) is 88.4 cm³/mol. The van der Waals surface area contributed by atoms with Crippen molar-refractivity contribution < 1.29 is 10.0 Å². The number of phenolic OH excluding ortho intramolecular Hbond substituents is 1. The van der Waals surface area contributed by atoms with Crippen LogP contribution in [0.3, 0.4) is 0 Å². The number of amidine groups is 1. The van der Waals surface area contributed by atoms with E-state index in [0.717, 1.165) is 5.56 Å². The average molecular weight is 323 g/mol. The van der Waals surface area contributed by atoms with Gasteiger partial charge in [-0.1, -0.05) is 30.3 Å². The van der Waals surface area contributed by atoms with Crippen LogP contribution in [0.25, 0.3) is 0 Å². The molecular weight excluding hydrogens is 310 g/mol. The summed E-state index contributed by atoms with van der Waals surface area (Å²) in [4.78, 5) is 10.2. The summed E-state index contributed by atoms with van der Waals surface area (Å²) in [6.45, 7) is 0. The Morgan fingerprint density at radius 3 is 2.79 bits per heavy atom. The van der Waals surface area contributed by atoms with Gasteiger partial charge in [0.05, 0.1) is 11.1 Å². The van der Waals surface area contributed by atoms with E-state index in [1.165, 1.54) is 24.4 Å². The van der Waals surface area contributed by atoms with Gasteiger partial charge in [-0.05, 0) is 11.6 Å². The molecule has 1 atom stereocenters. The van der Waals surface area contributed by atoms with E-state index in [9.17, 15) is 15.2 Å². The summed E-state index contributed by atoms with van der Waals surface area (Å²) in [5, 5.41) is 36.4. The smallest absolute Gasteiger partial charge is 0.270 e. The van der Waals surface area contributed by atoms with Crippen LogP contribution in [0.4, 0.5) is 5.69 Å². The summed E-state index contributed by atoms with van der Waals surface area (Å²) in [5.74, 6) is 0.352. The maximum absolute atomic E-state index is 10.7. The lowest BCUT2D eigenvalue weighted by Crippen LogP contribution is -1.95. The van der Waals surface area contributed by atoms with Gasteiger partial charge in [-0.15, -0.1) is 10.2 Å². The Kier molecular flexibility index (Phi) is 4.37. The SMILES string of the molecule is O=[N+]([O-])c1ccc(O)c(/C=N/N=C2/C[C@H](c3ccccc3)N=N2)c1. The van der Waals surface area contributed by atoms with Crippen LogP contribution in [0.15, 0.2) is 69.0 Å². The molecule has 2 aromatic rings. The Morgan fingerprint density at radius 1 is 1.25 bits per heavy atom. The van der Waals surface area contributed by atoms with E-state index >= 15 is 0 Å². The highest BCUT2D eigenvalue weighted by atomic mass is 16.6.